The molecule has 1 heterocycles. The summed E-state index contributed by atoms with van der Waals surface area (Å²) in [5, 5.41) is 20.1. The molecule has 48 heavy (non-hydrogen) atoms. The van der Waals surface area contributed by atoms with Crippen LogP contribution in [0.3, 0.4) is 0 Å². The predicted molar refractivity (Wildman–Crippen MR) is 181 cm³/mol. The van der Waals surface area contributed by atoms with Crippen LogP contribution in [-0.2, 0) is 10.1 Å². The van der Waals surface area contributed by atoms with Gasteiger partial charge in [0, 0.05) is 22.6 Å². The Bertz CT molecular complexity index is 2280. The highest BCUT2D eigenvalue weighted by Crippen LogP contribution is 2.42. The zero-order valence-electron chi connectivity index (χ0n) is 25.6. The molecule has 1 aliphatic carbocycles. The monoisotopic (exact) mass is 658 g/mol. The topological polar surface area (TPSA) is 131 Å². The van der Waals surface area contributed by atoms with E-state index in [-0.39, 0.29) is 28.1 Å². The maximum atomic E-state index is 13.6. The summed E-state index contributed by atoms with van der Waals surface area (Å²) in [6.07, 6.45) is 3.81. The van der Waals surface area contributed by atoms with Crippen LogP contribution >= 0.6 is 0 Å². The highest BCUT2D eigenvalue weighted by molar-refractivity contribution is 7.87. The summed E-state index contributed by atoms with van der Waals surface area (Å²) in [5.41, 5.74) is 4.82. The van der Waals surface area contributed by atoms with Crippen LogP contribution in [-0.4, -0.2) is 30.4 Å². The molecule has 1 aromatic heterocycles. The number of aromatic carboxylic acids is 1. The normalized spacial score (nSPS) is 13.5. The number of aromatic hydroxyl groups is 1. The highest BCUT2D eigenvalue weighted by Gasteiger charge is 2.27. The Morgan fingerprint density at radius 2 is 1.42 bits per heavy atom. The van der Waals surface area contributed by atoms with E-state index in [1.807, 2.05) is 72.8 Å². The molecule has 1 aliphatic rings. The molecule has 240 valence electrons. The summed E-state index contributed by atoms with van der Waals surface area (Å²) in [7, 11) is -4.38. The standard InChI is InChI=1S/C39H30O8S/c40-33-23-29(19-20-30(33)39(42)43)48(44,45)47-35-21-18-28(22-32(35)25-8-4-5-9-25)24-14-16-26(17-15-24)36-31-12-6-7-13-34(31)46-38(36)37(41)27-10-2-1-3-11-27/h1-3,6-7,10-23,25,40H,4-5,8-9H2,(H,42,43). The molecule has 9 heteroatoms. The SMILES string of the molecule is O=C(O)c1ccc(S(=O)(=O)Oc2ccc(-c3ccc(-c4c(C(=O)c5ccccc5)oc5ccccc45)cc3)cc2C2CCCC2)cc1O. The number of carboxylic acid groups (broad SMARTS) is 1. The Labute approximate surface area is 277 Å². The van der Waals surface area contributed by atoms with Crippen LogP contribution in [0.1, 0.15) is 63.6 Å². The van der Waals surface area contributed by atoms with Gasteiger partial charge < -0.3 is 18.8 Å². The number of carbonyl (C=O) groups excluding carboxylic acids is 1. The first-order valence-electron chi connectivity index (χ1n) is 15.6. The average Bonchev–Trinajstić information content (AvgIpc) is 3.77. The fraction of sp³-hybridized carbons (Fsp3) is 0.128. The summed E-state index contributed by atoms with van der Waals surface area (Å²) >= 11 is 0. The molecule has 0 spiro atoms. The number of furan rings is 1. The zero-order valence-corrected chi connectivity index (χ0v) is 26.4. The van der Waals surface area contributed by atoms with Crippen molar-refractivity contribution in [1.82, 2.24) is 0 Å². The number of phenols is 1. The van der Waals surface area contributed by atoms with Crippen molar-refractivity contribution < 1.29 is 36.8 Å². The second-order valence-corrected chi connectivity index (χ2v) is 13.4. The quantitative estimate of drug-likeness (QED) is 0.116. The van der Waals surface area contributed by atoms with Gasteiger partial charge in [0.1, 0.15) is 27.5 Å². The van der Waals surface area contributed by atoms with E-state index in [4.69, 9.17) is 8.60 Å². The molecule has 2 N–H and O–H groups in total. The van der Waals surface area contributed by atoms with E-state index in [1.54, 1.807) is 24.3 Å². The number of hydrogen-bond donors (Lipinski definition) is 2. The lowest BCUT2D eigenvalue weighted by molar-refractivity contribution is 0.0693. The first-order valence-corrected chi connectivity index (χ1v) is 17.0. The van der Waals surface area contributed by atoms with E-state index >= 15 is 0 Å². The van der Waals surface area contributed by atoms with Crippen molar-refractivity contribution in [2.45, 2.75) is 36.5 Å². The van der Waals surface area contributed by atoms with Crippen molar-refractivity contribution in [2.75, 3.05) is 0 Å². The fourth-order valence-electron chi connectivity index (χ4n) is 6.42. The van der Waals surface area contributed by atoms with E-state index in [0.29, 0.717) is 16.7 Å². The van der Waals surface area contributed by atoms with E-state index in [9.17, 15) is 28.2 Å². The highest BCUT2D eigenvalue weighted by atomic mass is 32.2. The molecule has 0 unspecified atom stereocenters. The molecule has 1 saturated carbocycles. The second-order valence-electron chi connectivity index (χ2n) is 11.8. The first-order chi connectivity index (χ1) is 23.2. The number of benzene rings is 5. The average molecular weight is 659 g/mol. The van der Waals surface area contributed by atoms with Crippen LogP contribution in [0, 0.1) is 0 Å². The molecule has 5 aromatic carbocycles. The molecule has 0 atom stereocenters. The summed E-state index contributed by atoms with van der Waals surface area (Å²) < 4.78 is 38.2. The molecule has 8 nitrogen and oxygen atoms in total. The van der Waals surface area contributed by atoms with Gasteiger partial charge in [-0.2, -0.15) is 8.42 Å². The van der Waals surface area contributed by atoms with Gasteiger partial charge in [-0.1, -0.05) is 91.7 Å². The van der Waals surface area contributed by atoms with Gasteiger partial charge in [-0.3, -0.25) is 4.79 Å². The Balaban J connectivity index is 1.23. The third-order valence-corrected chi connectivity index (χ3v) is 10.1. The summed E-state index contributed by atoms with van der Waals surface area (Å²) in [5.74, 6) is -1.68. The van der Waals surface area contributed by atoms with Gasteiger partial charge in [-0.15, -0.1) is 0 Å². The number of fused-ring (bicyclic) bond motifs is 1. The number of ketones is 1. The summed E-state index contributed by atoms with van der Waals surface area (Å²) in [6.45, 7) is 0. The number of carboxylic acids is 1. The van der Waals surface area contributed by atoms with Gasteiger partial charge >= 0.3 is 16.1 Å². The minimum atomic E-state index is -4.38. The predicted octanol–water partition coefficient (Wildman–Crippen LogP) is 8.83. The van der Waals surface area contributed by atoms with Crippen LogP contribution in [0.5, 0.6) is 11.5 Å². The maximum Gasteiger partial charge on any atom is 0.339 e. The van der Waals surface area contributed by atoms with E-state index in [2.05, 4.69) is 0 Å². The largest absolute Gasteiger partial charge is 0.507 e. The van der Waals surface area contributed by atoms with E-state index < -0.39 is 27.4 Å². The Morgan fingerprint density at radius 1 is 0.750 bits per heavy atom. The van der Waals surface area contributed by atoms with Crippen molar-refractivity contribution in [2.24, 2.45) is 0 Å². The lowest BCUT2D eigenvalue weighted by Gasteiger charge is -2.18. The van der Waals surface area contributed by atoms with Crippen LogP contribution < -0.4 is 4.18 Å². The van der Waals surface area contributed by atoms with Gasteiger partial charge in [0.15, 0.2) is 5.76 Å². The van der Waals surface area contributed by atoms with Crippen LogP contribution in [0.2, 0.25) is 0 Å². The number of hydrogen-bond acceptors (Lipinski definition) is 7. The third kappa shape index (κ3) is 5.84. The number of para-hydroxylation sites is 1. The smallest absolute Gasteiger partial charge is 0.339 e. The van der Waals surface area contributed by atoms with Gasteiger partial charge in [0.25, 0.3) is 0 Å². The molecule has 0 bridgehead atoms. The minimum Gasteiger partial charge on any atom is -0.507 e. The second kappa shape index (κ2) is 12.5. The molecule has 0 amide bonds. The maximum absolute atomic E-state index is 13.6. The van der Waals surface area contributed by atoms with Crippen LogP contribution in [0.25, 0.3) is 33.2 Å². The molecule has 0 radical (unpaired) electrons. The number of rotatable bonds is 9. The molecule has 6 aromatic rings. The summed E-state index contributed by atoms with van der Waals surface area (Å²) in [6, 6.07) is 32.8. The van der Waals surface area contributed by atoms with E-state index in [1.165, 1.54) is 0 Å². The first kappa shape index (κ1) is 31.0. The van der Waals surface area contributed by atoms with Crippen molar-refractivity contribution in [3.63, 3.8) is 0 Å². The molecule has 0 saturated heterocycles. The summed E-state index contributed by atoms with van der Waals surface area (Å²) in [4.78, 5) is 24.5. The molecule has 7 rings (SSSR count). The molecule has 1 fully saturated rings. The minimum absolute atomic E-state index is 0.0982. The third-order valence-electron chi connectivity index (χ3n) is 8.84. The van der Waals surface area contributed by atoms with Gasteiger partial charge in [-0.25, -0.2) is 4.79 Å². The lowest BCUT2D eigenvalue weighted by atomic mass is 9.92. The van der Waals surface area contributed by atoms with Gasteiger partial charge in [0.05, 0.1) is 0 Å². The van der Waals surface area contributed by atoms with Crippen molar-refractivity contribution in [3.05, 3.63) is 138 Å². The zero-order chi connectivity index (χ0) is 33.4. The van der Waals surface area contributed by atoms with Crippen LogP contribution in [0.4, 0.5) is 0 Å². The number of carbonyl (C=O) groups is 2. The lowest BCUT2D eigenvalue weighted by Crippen LogP contribution is -2.12. The molecular weight excluding hydrogens is 628 g/mol. The van der Waals surface area contributed by atoms with Gasteiger partial charge in [-0.05, 0) is 71.3 Å². The molecule has 0 aliphatic heterocycles. The molecular formula is C39H30O8S. The van der Waals surface area contributed by atoms with Crippen LogP contribution in [0.15, 0.2) is 125 Å². The Hall–Kier alpha value is -5.67. The Morgan fingerprint density at radius 3 is 2.12 bits per heavy atom. The van der Waals surface area contributed by atoms with Gasteiger partial charge in [0.2, 0.25) is 5.78 Å². The van der Waals surface area contributed by atoms with Crippen molar-refractivity contribution >= 4 is 32.8 Å². The Kier molecular flexibility index (Phi) is 8.06. The van der Waals surface area contributed by atoms with Crippen molar-refractivity contribution in [3.8, 4) is 33.8 Å². The van der Waals surface area contributed by atoms with Crippen molar-refractivity contribution in [1.29, 1.82) is 0 Å². The fourth-order valence-corrected chi connectivity index (χ4v) is 7.39. The van der Waals surface area contributed by atoms with E-state index in [0.717, 1.165) is 71.5 Å².